The van der Waals surface area contributed by atoms with Crippen molar-refractivity contribution in [3.63, 3.8) is 0 Å². The molecule has 0 bridgehead atoms. The zero-order valence-corrected chi connectivity index (χ0v) is 11.6. The van der Waals surface area contributed by atoms with Gasteiger partial charge in [0.2, 0.25) is 0 Å². The Hall–Kier alpha value is -0.805. The van der Waals surface area contributed by atoms with Gasteiger partial charge in [-0.05, 0) is 41.5 Å². The third kappa shape index (κ3) is 1.91. The van der Waals surface area contributed by atoms with Crippen LogP contribution in [0.1, 0.15) is 40.4 Å². The number of aryl methyl sites for hydroxylation is 1. The van der Waals surface area contributed by atoms with Crippen molar-refractivity contribution in [3.8, 4) is 0 Å². The molecule has 0 saturated carbocycles. The standard InChI is InChI=1S/C12H21BN2O2/c1-7-15-9(2)14-8-10(15)13-16-11(3,4)12(5,6)17-13/h8H,7H2,1-6H3. The Labute approximate surface area is 103 Å². The predicted octanol–water partition coefficient (Wildman–Crippen LogP) is 1.51. The molecule has 0 amide bonds. The van der Waals surface area contributed by atoms with Crippen LogP contribution in [0.15, 0.2) is 6.20 Å². The molecule has 1 aliphatic rings. The molecule has 1 fully saturated rings. The van der Waals surface area contributed by atoms with E-state index in [1.165, 1.54) is 0 Å². The Balaban J connectivity index is 2.32. The number of aromatic nitrogens is 2. The maximum absolute atomic E-state index is 6.02. The molecule has 2 rings (SSSR count). The minimum Gasteiger partial charge on any atom is -0.398 e. The average molecular weight is 236 g/mol. The summed E-state index contributed by atoms with van der Waals surface area (Å²) in [5.74, 6) is 0.997. The highest BCUT2D eigenvalue weighted by molar-refractivity contribution is 6.61. The number of hydrogen-bond acceptors (Lipinski definition) is 3. The minimum atomic E-state index is -0.318. The van der Waals surface area contributed by atoms with E-state index in [1.54, 1.807) is 0 Å². The minimum absolute atomic E-state index is 0.297. The van der Waals surface area contributed by atoms with Gasteiger partial charge < -0.3 is 13.9 Å². The molecule has 0 spiro atoms. The SMILES string of the molecule is CCn1c(B2OC(C)(C)C(C)(C)O2)cnc1C. The first-order valence-corrected chi connectivity index (χ1v) is 6.16. The molecule has 1 aromatic rings. The van der Waals surface area contributed by atoms with E-state index in [0.717, 1.165) is 18.0 Å². The summed E-state index contributed by atoms with van der Waals surface area (Å²) in [5.41, 5.74) is 0.409. The van der Waals surface area contributed by atoms with E-state index in [2.05, 4.69) is 44.2 Å². The molecule has 2 heterocycles. The molecule has 94 valence electrons. The van der Waals surface area contributed by atoms with E-state index in [4.69, 9.17) is 9.31 Å². The van der Waals surface area contributed by atoms with E-state index < -0.39 is 0 Å². The Morgan fingerprint density at radius 2 is 1.76 bits per heavy atom. The second kappa shape index (κ2) is 3.85. The van der Waals surface area contributed by atoms with Crippen molar-refractivity contribution in [3.05, 3.63) is 12.0 Å². The molecule has 1 saturated heterocycles. The van der Waals surface area contributed by atoms with Crippen LogP contribution in [0.3, 0.4) is 0 Å². The number of imidazole rings is 1. The first-order chi connectivity index (χ1) is 7.78. The van der Waals surface area contributed by atoms with Gasteiger partial charge in [0, 0.05) is 12.7 Å². The first kappa shape index (κ1) is 12.6. The number of nitrogens with zero attached hydrogens (tertiary/aromatic N) is 2. The number of hydrogen-bond donors (Lipinski definition) is 0. The highest BCUT2D eigenvalue weighted by atomic mass is 16.7. The van der Waals surface area contributed by atoms with Crippen LogP contribution in [0.25, 0.3) is 0 Å². The lowest BCUT2D eigenvalue weighted by Gasteiger charge is -2.32. The fraction of sp³-hybridized carbons (Fsp3) is 0.750. The van der Waals surface area contributed by atoms with Gasteiger partial charge >= 0.3 is 7.12 Å². The first-order valence-electron chi connectivity index (χ1n) is 6.16. The summed E-state index contributed by atoms with van der Waals surface area (Å²) in [4.78, 5) is 4.33. The van der Waals surface area contributed by atoms with Crippen molar-refractivity contribution in [2.24, 2.45) is 0 Å². The van der Waals surface area contributed by atoms with E-state index in [-0.39, 0.29) is 18.3 Å². The van der Waals surface area contributed by atoms with Crippen LogP contribution in [0.5, 0.6) is 0 Å². The molecule has 0 atom stereocenters. The summed E-state index contributed by atoms with van der Waals surface area (Å²) in [7, 11) is -0.318. The second-order valence-electron chi connectivity index (χ2n) is 5.56. The molecule has 5 heteroatoms. The predicted molar refractivity (Wildman–Crippen MR) is 68.4 cm³/mol. The maximum atomic E-state index is 6.02. The highest BCUT2D eigenvalue weighted by Crippen LogP contribution is 2.36. The van der Waals surface area contributed by atoms with Crippen molar-refractivity contribution < 1.29 is 9.31 Å². The van der Waals surface area contributed by atoms with Crippen molar-refractivity contribution in [1.82, 2.24) is 9.55 Å². The monoisotopic (exact) mass is 236 g/mol. The second-order valence-corrected chi connectivity index (χ2v) is 5.56. The van der Waals surface area contributed by atoms with Crippen molar-refractivity contribution in [2.75, 3.05) is 0 Å². The molecule has 0 N–H and O–H groups in total. The van der Waals surface area contributed by atoms with Crippen molar-refractivity contribution in [2.45, 2.75) is 59.3 Å². The van der Waals surface area contributed by atoms with Gasteiger partial charge in [-0.25, -0.2) is 4.98 Å². The Morgan fingerprint density at radius 3 is 2.24 bits per heavy atom. The van der Waals surface area contributed by atoms with Crippen LogP contribution >= 0.6 is 0 Å². The fourth-order valence-electron chi connectivity index (χ4n) is 2.05. The summed E-state index contributed by atoms with van der Waals surface area (Å²) in [6.45, 7) is 13.2. The lowest BCUT2D eigenvalue weighted by Crippen LogP contribution is -2.41. The van der Waals surface area contributed by atoms with Gasteiger partial charge in [-0.3, -0.25) is 0 Å². The van der Waals surface area contributed by atoms with E-state index in [1.807, 2.05) is 13.1 Å². The van der Waals surface area contributed by atoms with Crippen LogP contribution in [0, 0.1) is 6.92 Å². The van der Waals surface area contributed by atoms with Gasteiger partial charge in [-0.15, -0.1) is 0 Å². The summed E-state index contributed by atoms with van der Waals surface area (Å²) in [6, 6.07) is 0. The van der Waals surface area contributed by atoms with Gasteiger partial charge in [-0.2, -0.15) is 0 Å². The summed E-state index contributed by atoms with van der Waals surface area (Å²) < 4.78 is 14.2. The van der Waals surface area contributed by atoms with Crippen LogP contribution in [0.4, 0.5) is 0 Å². The topological polar surface area (TPSA) is 36.3 Å². The largest absolute Gasteiger partial charge is 0.514 e. The summed E-state index contributed by atoms with van der Waals surface area (Å²) >= 11 is 0. The quantitative estimate of drug-likeness (QED) is 0.730. The van der Waals surface area contributed by atoms with Crippen molar-refractivity contribution >= 4 is 12.7 Å². The molecule has 0 aliphatic carbocycles. The molecule has 1 aliphatic heterocycles. The molecular weight excluding hydrogens is 215 g/mol. The number of rotatable bonds is 2. The lowest BCUT2D eigenvalue weighted by atomic mass is 9.85. The Bertz CT molecular complexity index is 410. The molecule has 0 unspecified atom stereocenters. The molecule has 1 aromatic heterocycles. The van der Waals surface area contributed by atoms with Crippen LogP contribution in [-0.4, -0.2) is 27.9 Å². The lowest BCUT2D eigenvalue weighted by molar-refractivity contribution is 0.00578. The average Bonchev–Trinajstić information content (AvgIpc) is 2.65. The van der Waals surface area contributed by atoms with Gasteiger partial charge in [-0.1, -0.05) is 0 Å². The normalized spacial score (nSPS) is 22.1. The van der Waals surface area contributed by atoms with Crippen LogP contribution < -0.4 is 5.59 Å². The smallest absolute Gasteiger partial charge is 0.398 e. The van der Waals surface area contributed by atoms with Crippen LogP contribution in [-0.2, 0) is 15.9 Å². The fourth-order valence-corrected chi connectivity index (χ4v) is 2.05. The van der Waals surface area contributed by atoms with Gasteiger partial charge in [0.1, 0.15) is 5.82 Å². The van der Waals surface area contributed by atoms with Gasteiger partial charge in [0.25, 0.3) is 0 Å². The molecule has 0 aromatic carbocycles. The van der Waals surface area contributed by atoms with E-state index >= 15 is 0 Å². The van der Waals surface area contributed by atoms with E-state index in [9.17, 15) is 0 Å². The van der Waals surface area contributed by atoms with Gasteiger partial charge in [0.15, 0.2) is 0 Å². The van der Waals surface area contributed by atoms with E-state index in [0.29, 0.717) is 0 Å². The third-order valence-electron chi connectivity index (χ3n) is 3.90. The Morgan fingerprint density at radius 1 is 1.24 bits per heavy atom. The summed E-state index contributed by atoms with van der Waals surface area (Å²) in [5, 5.41) is 0. The zero-order chi connectivity index (χ0) is 12.8. The zero-order valence-electron chi connectivity index (χ0n) is 11.6. The third-order valence-corrected chi connectivity index (χ3v) is 3.90. The molecule has 4 nitrogen and oxygen atoms in total. The van der Waals surface area contributed by atoms with Crippen LogP contribution in [0.2, 0.25) is 0 Å². The maximum Gasteiger partial charge on any atom is 0.514 e. The Kier molecular flexibility index (Phi) is 2.87. The van der Waals surface area contributed by atoms with Gasteiger partial charge in [0.05, 0.1) is 16.8 Å². The highest BCUT2D eigenvalue weighted by Gasteiger charge is 2.52. The van der Waals surface area contributed by atoms with Crippen molar-refractivity contribution in [1.29, 1.82) is 0 Å². The summed E-state index contributed by atoms with van der Waals surface area (Å²) in [6.07, 6.45) is 1.85. The molecular formula is C12H21BN2O2. The molecule has 0 radical (unpaired) electrons. The molecule has 17 heavy (non-hydrogen) atoms.